The molecule has 2 aromatic heterocycles. The number of carbonyl (C=O) groups is 1. The van der Waals surface area contributed by atoms with E-state index in [1.807, 2.05) is 42.7 Å². The number of hydrogen-bond acceptors (Lipinski definition) is 5. The van der Waals surface area contributed by atoms with Crippen molar-refractivity contribution in [3.63, 3.8) is 0 Å². The molecule has 0 aliphatic carbocycles. The minimum Gasteiger partial charge on any atom is -0.310 e. The predicted octanol–water partition coefficient (Wildman–Crippen LogP) is 3.49. The summed E-state index contributed by atoms with van der Waals surface area (Å²) in [4.78, 5) is 12.3. The minimum atomic E-state index is -0.119. The van der Waals surface area contributed by atoms with Crippen molar-refractivity contribution >= 4 is 35.1 Å². The molecule has 136 valence electrons. The molecule has 1 aromatic carbocycles. The van der Waals surface area contributed by atoms with E-state index in [0.29, 0.717) is 17.4 Å². The molecule has 0 spiro atoms. The Labute approximate surface area is 160 Å². The zero-order valence-electron chi connectivity index (χ0n) is 14.5. The van der Waals surface area contributed by atoms with Gasteiger partial charge in [-0.2, -0.15) is 5.10 Å². The quantitative estimate of drug-likeness (QED) is 0.625. The van der Waals surface area contributed by atoms with Gasteiger partial charge in [-0.1, -0.05) is 35.5 Å². The summed E-state index contributed by atoms with van der Waals surface area (Å²) in [5.41, 5.74) is 1.05. The smallest absolute Gasteiger partial charge is 0.235 e. The fourth-order valence-electron chi connectivity index (χ4n) is 2.33. The van der Waals surface area contributed by atoms with Gasteiger partial charge < -0.3 is 9.88 Å². The highest BCUT2D eigenvalue weighted by atomic mass is 35.5. The standard InChI is InChI=1S/C17H19ClN6OS/c1-12(2)23-11-19-22-17(23)26-10-16(25)21-15-7-8-20-24(15)9-13-3-5-14(18)6-4-13/h3-8,11-12H,9-10H2,1-2H3,(H,21,25). The molecule has 26 heavy (non-hydrogen) atoms. The fraction of sp³-hybridized carbons (Fsp3) is 0.294. The van der Waals surface area contributed by atoms with Gasteiger partial charge in [0.15, 0.2) is 5.16 Å². The molecule has 7 nitrogen and oxygen atoms in total. The van der Waals surface area contributed by atoms with E-state index in [1.54, 1.807) is 23.3 Å². The maximum absolute atomic E-state index is 12.3. The van der Waals surface area contributed by atoms with Gasteiger partial charge >= 0.3 is 0 Å². The molecule has 0 atom stereocenters. The summed E-state index contributed by atoms with van der Waals surface area (Å²) in [5, 5.41) is 16.5. The number of aromatic nitrogens is 5. The van der Waals surface area contributed by atoms with Crippen molar-refractivity contribution in [1.82, 2.24) is 24.5 Å². The molecule has 0 saturated heterocycles. The Balaban J connectivity index is 1.59. The zero-order valence-corrected chi connectivity index (χ0v) is 16.0. The normalized spacial score (nSPS) is 11.1. The average Bonchev–Trinajstić information content (AvgIpc) is 3.25. The van der Waals surface area contributed by atoms with Crippen LogP contribution in [-0.4, -0.2) is 36.2 Å². The van der Waals surface area contributed by atoms with Crippen molar-refractivity contribution in [3.05, 3.63) is 53.4 Å². The van der Waals surface area contributed by atoms with Gasteiger partial charge in [-0.3, -0.25) is 4.79 Å². The zero-order chi connectivity index (χ0) is 18.5. The van der Waals surface area contributed by atoms with Crippen molar-refractivity contribution in [2.24, 2.45) is 0 Å². The SMILES string of the molecule is CC(C)n1cnnc1SCC(=O)Nc1ccnn1Cc1ccc(Cl)cc1. The molecule has 2 heterocycles. The molecule has 0 unspecified atom stereocenters. The summed E-state index contributed by atoms with van der Waals surface area (Å²) in [7, 11) is 0. The molecule has 0 aliphatic rings. The van der Waals surface area contributed by atoms with Crippen LogP contribution in [0.15, 0.2) is 48.0 Å². The Morgan fingerprint density at radius 1 is 1.27 bits per heavy atom. The minimum absolute atomic E-state index is 0.119. The summed E-state index contributed by atoms with van der Waals surface area (Å²) in [6, 6.07) is 9.56. The average molecular weight is 391 g/mol. The second kappa shape index (κ2) is 8.37. The third-order valence-corrected chi connectivity index (χ3v) is 4.87. The number of nitrogens with one attached hydrogen (secondary N) is 1. The number of rotatable bonds is 7. The van der Waals surface area contributed by atoms with Crippen molar-refractivity contribution in [3.8, 4) is 0 Å². The van der Waals surface area contributed by atoms with E-state index >= 15 is 0 Å². The molecule has 1 N–H and O–H groups in total. The number of thioether (sulfide) groups is 1. The largest absolute Gasteiger partial charge is 0.310 e. The highest BCUT2D eigenvalue weighted by Crippen LogP contribution is 2.19. The molecule has 9 heteroatoms. The van der Waals surface area contributed by atoms with Gasteiger partial charge in [0.25, 0.3) is 0 Å². The van der Waals surface area contributed by atoms with Crippen LogP contribution in [0.25, 0.3) is 0 Å². The van der Waals surface area contributed by atoms with E-state index in [4.69, 9.17) is 11.6 Å². The monoisotopic (exact) mass is 390 g/mol. The van der Waals surface area contributed by atoms with Crippen LogP contribution in [0.4, 0.5) is 5.82 Å². The fourth-order valence-corrected chi connectivity index (χ4v) is 3.30. The van der Waals surface area contributed by atoms with Gasteiger partial charge in [0, 0.05) is 17.1 Å². The third-order valence-electron chi connectivity index (χ3n) is 3.66. The number of amides is 1. The van der Waals surface area contributed by atoms with Gasteiger partial charge in [-0.15, -0.1) is 10.2 Å². The number of halogens is 1. The maximum Gasteiger partial charge on any atom is 0.235 e. The number of benzene rings is 1. The Kier molecular flexibility index (Phi) is 5.95. The van der Waals surface area contributed by atoms with E-state index in [0.717, 1.165) is 10.7 Å². The van der Waals surface area contributed by atoms with Crippen LogP contribution in [0.1, 0.15) is 25.5 Å². The van der Waals surface area contributed by atoms with Gasteiger partial charge in [-0.25, -0.2) is 4.68 Å². The summed E-state index contributed by atoms with van der Waals surface area (Å²) < 4.78 is 3.67. The van der Waals surface area contributed by atoms with Crippen molar-refractivity contribution in [2.75, 3.05) is 11.1 Å². The number of nitrogens with zero attached hydrogens (tertiary/aromatic N) is 5. The number of hydrogen-bond donors (Lipinski definition) is 1. The van der Waals surface area contributed by atoms with Crippen molar-refractivity contribution in [1.29, 1.82) is 0 Å². The Morgan fingerprint density at radius 2 is 2.04 bits per heavy atom. The van der Waals surface area contributed by atoms with Gasteiger partial charge in [0.2, 0.25) is 5.91 Å². The van der Waals surface area contributed by atoms with Crippen LogP contribution >= 0.6 is 23.4 Å². The number of carbonyl (C=O) groups excluding carboxylic acids is 1. The van der Waals surface area contributed by atoms with E-state index in [-0.39, 0.29) is 17.7 Å². The van der Waals surface area contributed by atoms with Crippen molar-refractivity contribution in [2.45, 2.75) is 31.6 Å². The Bertz CT molecular complexity index is 874. The molecule has 0 aliphatic heterocycles. The van der Waals surface area contributed by atoms with E-state index in [9.17, 15) is 4.79 Å². The summed E-state index contributed by atoms with van der Waals surface area (Å²) in [6.07, 6.45) is 3.33. The molecule has 0 bridgehead atoms. The number of anilines is 1. The maximum atomic E-state index is 12.3. The molecule has 3 rings (SSSR count). The molecule has 0 saturated carbocycles. The third kappa shape index (κ3) is 4.64. The molecular weight excluding hydrogens is 372 g/mol. The van der Waals surface area contributed by atoms with E-state index < -0.39 is 0 Å². The second-order valence-corrected chi connectivity index (χ2v) is 7.33. The molecule has 3 aromatic rings. The van der Waals surface area contributed by atoms with Crippen LogP contribution in [0.3, 0.4) is 0 Å². The lowest BCUT2D eigenvalue weighted by Crippen LogP contribution is -2.18. The lowest BCUT2D eigenvalue weighted by molar-refractivity contribution is -0.113. The molecular formula is C17H19ClN6OS. The molecule has 1 amide bonds. The summed E-state index contributed by atoms with van der Waals surface area (Å²) in [5.74, 6) is 0.777. The van der Waals surface area contributed by atoms with E-state index in [2.05, 4.69) is 20.6 Å². The van der Waals surface area contributed by atoms with Crippen LogP contribution < -0.4 is 5.32 Å². The van der Waals surface area contributed by atoms with E-state index in [1.165, 1.54) is 11.8 Å². The van der Waals surface area contributed by atoms with Crippen LogP contribution in [0.2, 0.25) is 5.02 Å². The molecule has 0 radical (unpaired) electrons. The van der Waals surface area contributed by atoms with Gasteiger partial charge in [-0.05, 0) is 31.5 Å². The first-order valence-electron chi connectivity index (χ1n) is 8.11. The Hall–Kier alpha value is -2.32. The lowest BCUT2D eigenvalue weighted by Gasteiger charge is -2.10. The second-order valence-electron chi connectivity index (χ2n) is 5.95. The Morgan fingerprint density at radius 3 is 2.77 bits per heavy atom. The molecule has 0 fully saturated rings. The van der Waals surface area contributed by atoms with Crippen LogP contribution in [0, 0.1) is 0 Å². The van der Waals surface area contributed by atoms with Gasteiger partial charge in [0.05, 0.1) is 18.5 Å². The van der Waals surface area contributed by atoms with Crippen LogP contribution in [-0.2, 0) is 11.3 Å². The highest BCUT2D eigenvalue weighted by molar-refractivity contribution is 7.99. The van der Waals surface area contributed by atoms with Gasteiger partial charge in [0.1, 0.15) is 12.1 Å². The summed E-state index contributed by atoms with van der Waals surface area (Å²) in [6.45, 7) is 4.64. The first kappa shape index (κ1) is 18.5. The van der Waals surface area contributed by atoms with Crippen LogP contribution in [0.5, 0.6) is 0 Å². The first-order chi connectivity index (χ1) is 12.5. The summed E-state index contributed by atoms with van der Waals surface area (Å²) >= 11 is 7.26. The predicted molar refractivity (Wildman–Crippen MR) is 103 cm³/mol. The first-order valence-corrected chi connectivity index (χ1v) is 9.47. The lowest BCUT2D eigenvalue weighted by atomic mass is 10.2. The highest BCUT2D eigenvalue weighted by Gasteiger charge is 2.12. The topological polar surface area (TPSA) is 77.6 Å². The van der Waals surface area contributed by atoms with Crippen molar-refractivity contribution < 1.29 is 4.79 Å².